The molecule has 0 spiro atoms. The van der Waals surface area contributed by atoms with Crippen molar-refractivity contribution >= 4 is 6.09 Å². The zero-order valence-electron chi connectivity index (χ0n) is 10.2. The lowest BCUT2D eigenvalue weighted by molar-refractivity contribution is 0.0888. The molecule has 0 bridgehead atoms. The van der Waals surface area contributed by atoms with Gasteiger partial charge in [0, 0.05) is 25.9 Å². The standard InChI is InChI=1S/C14H16N2O2/c1-15-13-7-9-16(10-8-13)14(17)18-11-12-5-3-2-4-6-12/h2-6,13H,7-11H2. The van der Waals surface area contributed by atoms with Crippen LogP contribution in [-0.4, -0.2) is 30.1 Å². The Bertz CT molecular complexity index is 431. The van der Waals surface area contributed by atoms with Crippen LogP contribution in [0.15, 0.2) is 30.3 Å². The molecule has 1 fully saturated rings. The number of benzene rings is 1. The summed E-state index contributed by atoms with van der Waals surface area (Å²) < 4.78 is 5.25. The molecule has 4 nitrogen and oxygen atoms in total. The summed E-state index contributed by atoms with van der Waals surface area (Å²) >= 11 is 0. The van der Waals surface area contributed by atoms with Gasteiger partial charge in [-0.05, 0) is 5.56 Å². The van der Waals surface area contributed by atoms with Crippen LogP contribution < -0.4 is 0 Å². The summed E-state index contributed by atoms with van der Waals surface area (Å²) in [5, 5.41) is 0. The van der Waals surface area contributed by atoms with Gasteiger partial charge in [-0.15, -0.1) is 0 Å². The molecule has 0 N–H and O–H groups in total. The van der Waals surface area contributed by atoms with Gasteiger partial charge in [-0.3, -0.25) is 0 Å². The molecular formula is C14H16N2O2. The molecule has 1 aromatic carbocycles. The average Bonchev–Trinajstić information content (AvgIpc) is 2.46. The largest absolute Gasteiger partial charge is 0.445 e. The van der Waals surface area contributed by atoms with E-state index in [9.17, 15) is 4.79 Å². The Morgan fingerprint density at radius 1 is 1.33 bits per heavy atom. The lowest BCUT2D eigenvalue weighted by atomic mass is 10.1. The van der Waals surface area contributed by atoms with E-state index in [4.69, 9.17) is 11.3 Å². The topological polar surface area (TPSA) is 33.9 Å². The molecule has 0 aliphatic carbocycles. The van der Waals surface area contributed by atoms with Crippen LogP contribution in [0, 0.1) is 6.57 Å². The minimum Gasteiger partial charge on any atom is -0.445 e. The number of hydrogen-bond donors (Lipinski definition) is 0. The van der Waals surface area contributed by atoms with Gasteiger partial charge >= 0.3 is 6.09 Å². The number of ether oxygens (including phenoxy) is 1. The van der Waals surface area contributed by atoms with Crippen molar-refractivity contribution in [2.24, 2.45) is 0 Å². The molecule has 1 aliphatic heterocycles. The quantitative estimate of drug-likeness (QED) is 0.749. The van der Waals surface area contributed by atoms with Crippen molar-refractivity contribution < 1.29 is 9.53 Å². The molecule has 18 heavy (non-hydrogen) atoms. The number of amides is 1. The summed E-state index contributed by atoms with van der Waals surface area (Å²) in [6.45, 7) is 8.51. The Hall–Kier alpha value is -2.02. The highest BCUT2D eigenvalue weighted by Crippen LogP contribution is 2.14. The van der Waals surface area contributed by atoms with E-state index in [0.29, 0.717) is 19.7 Å². The summed E-state index contributed by atoms with van der Waals surface area (Å²) in [7, 11) is 0. The minimum absolute atomic E-state index is 0.0724. The Morgan fingerprint density at radius 2 is 2.00 bits per heavy atom. The molecular weight excluding hydrogens is 228 g/mol. The molecule has 0 unspecified atom stereocenters. The molecule has 0 radical (unpaired) electrons. The molecule has 0 atom stereocenters. The van der Waals surface area contributed by atoms with Crippen molar-refractivity contribution in [3.05, 3.63) is 47.3 Å². The molecule has 0 saturated carbocycles. The van der Waals surface area contributed by atoms with Gasteiger partial charge in [-0.25, -0.2) is 11.4 Å². The number of nitrogens with zero attached hydrogens (tertiary/aromatic N) is 2. The monoisotopic (exact) mass is 244 g/mol. The molecule has 2 rings (SSSR count). The van der Waals surface area contributed by atoms with Crippen molar-refractivity contribution in [2.75, 3.05) is 13.1 Å². The molecule has 1 saturated heterocycles. The number of carbonyl (C=O) groups is 1. The zero-order chi connectivity index (χ0) is 12.8. The van der Waals surface area contributed by atoms with Crippen molar-refractivity contribution in [3.8, 4) is 0 Å². The second kappa shape index (κ2) is 6.06. The van der Waals surface area contributed by atoms with Crippen LogP contribution in [0.1, 0.15) is 18.4 Å². The third-order valence-electron chi connectivity index (χ3n) is 3.11. The fraction of sp³-hybridized carbons (Fsp3) is 0.429. The van der Waals surface area contributed by atoms with Gasteiger partial charge in [0.15, 0.2) is 0 Å². The first-order chi connectivity index (χ1) is 8.79. The van der Waals surface area contributed by atoms with Gasteiger partial charge in [0.2, 0.25) is 6.04 Å². The third kappa shape index (κ3) is 3.24. The highest BCUT2D eigenvalue weighted by Gasteiger charge is 2.26. The van der Waals surface area contributed by atoms with Crippen LogP contribution in [0.5, 0.6) is 0 Å². The van der Waals surface area contributed by atoms with Crippen LogP contribution >= 0.6 is 0 Å². The van der Waals surface area contributed by atoms with Crippen molar-refractivity contribution in [3.63, 3.8) is 0 Å². The first-order valence-corrected chi connectivity index (χ1v) is 6.12. The molecule has 1 aromatic rings. The number of hydrogen-bond acceptors (Lipinski definition) is 2. The zero-order valence-corrected chi connectivity index (χ0v) is 10.2. The van der Waals surface area contributed by atoms with E-state index >= 15 is 0 Å². The van der Waals surface area contributed by atoms with Crippen molar-refractivity contribution in [1.29, 1.82) is 0 Å². The van der Waals surface area contributed by atoms with Gasteiger partial charge < -0.3 is 14.5 Å². The van der Waals surface area contributed by atoms with Crippen molar-refractivity contribution in [1.82, 2.24) is 4.90 Å². The van der Waals surface area contributed by atoms with Crippen LogP contribution in [0.2, 0.25) is 0 Å². The van der Waals surface area contributed by atoms with Crippen molar-refractivity contribution in [2.45, 2.75) is 25.5 Å². The van der Waals surface area contributed by atoms with Crippen LogP contribution in [0.25, 0.3) is 4.85 Å². The Kier molecular flexibility index (Phi) is 4.19. The third-order valence-corrected chi connectivity index (χ3v) is 3.11. The summed E-state index contributed by atoms with van der Waals surface area (Å²) in [4.78, 5) is 17.0. The number of piperidine rings is 1. The molecule has 1 amide bonds. The van der Waals surface area contributed by atoms with E-state index < -0.39 is 0 Å². The Labute approximate surface area is 107 Å². The normalized spacial score (nSPS) is 16.1. The van der Waals surface area contributed by atoms with Crippen LogP contribution in [0.3, 0.4) is 0 Å². The predicted octanol–water partition coefficient (Wildman–Crippen LogP) is 2.71. The molecule has 4 heteroatoms. The second-order valence-corrected chi connectivity index (χ2v) is 4.39. The van der Waals surface area contributed by atoms with Gasteiger partial charge in [0.05, 0.1) is 0 Å². The summed E-state index contributed by atoms with van der Waals surface area (Å²) in [5.74, 6) is 0. The van der Waals surface area contributed by atoms with E-state index in [1.54, 1.807) is 4.90 Å². The first-order valence-electron chi connectivity index (χ1n) is 6.12. The Morgan fingerprint density at radius 3 is 2.61 bits per heavy atom. The van der Waals surface area contributed by atoms with E-state index in [2.05, 4.69) is 4.85 Å². The summed E-state index contributed by atoms with van der Waals surface area (Å²) in [6.07, 6.45) is 1.23. The maximum Gasteiger partial charge on any atom is 0.410 e. The molecule has 1 aliphatic rings. The van der Waals surface area contributed by atoms with E-state index in [1.165, 1.54) is 0 Å². The fourth-order valence-electron chi connectivity index (χ4n) is 1.99. The highest BCUT2D eigenvalue weighted by atomic mass is 16.6. The highest BCUT2D eigenvalue weighted by molar-refractivity contribution is 5.67. The lowest BCUT2D eigenvalue weighted by Gasteiger charge is -2.26. The molecule has 0 aromatic heterocycles. The smallest absolute Gasteiger partial charge is 0.410 e. The predicted molar refractivity (Wildman–Crippen MR) is 67.8 cm³/mol. The van der Waals surface area contributed by atoms with Gasteiger partial charge in [0.25, 0.3) is 0 Å². The van der Waals surface area contributed by atoms with Gasteiger partial charge in [0.1, 0.15) is 6.61 Å². The fourth-order valence-corrected chi connectivity index (χ4v) is 1.99. The second-order valence-electron chi connectivity index (χ2n) is 4.39. The van der Waals surface area contributed by atoms with E-state index in [-0.39, 0.29) is 12.1 Å². The van der Waals surface area contributed by atoms with Gasteiger partial charge in [-0.2, -0.15) is 0 Å². The van der Waals surface area contributed by atoms with Crippen LogP contribution in [0.4, 0.5) is 4.79 Å². The molecule has 94 valence electrons. The average molecular weight is 244 g/mol. The number of carbonyl (C=O) groups excluding carboxylic acids is 1. The maximum absolute atomic E-state index is 11.8. The maximum atomic E-state index is 11.8. The number of likely N-dealkylation sites (tertiary alicyclic amines) is 1. The van der Waals surface area contributed by atoms with Gasteiger partial charge in [-0.1, -0.05) is 30.3 Å². The summed E-state index contributed by atoms with van der Waals surface area (Å²) in [6, 6.07) is 9.70. The van der Waals surface area contributed by atoms with E-state index in [0.717, 1.165) is 18.4 Å². The van der Waals surface area contributed by atoms with E-state index in [1.807, 2.05) is 30.3 Å². The SMILES string of the molecule is [C-]#[N+]C1CCN(C(=O)OCc2ccccc2)CC1. The summed E-state index contributed by atoms with van der Waals surface area (Å²) in [5.41, 5.74) is 0.988. The first kappa shape index (κ1) is 12.4. The Balaban J connectivity index is 1.78. The minimum atomic E-state index is -0.276. The molecule has 1 heterocycles. The lowest BCUT2D eigenvalue weighted by Crippen LogP contribution is -2.39. The van der Waals surface area contributed by atoms with Crippen LogP contribution in [-0.2, 0) is 11.3 Å². The number of rotatable bonds is 2.